The molecule has 0 aromatic carbocycles. The molecule has 0 bridgehead atoms. The zero-order valence-corrected chi connectivity index (χ0v) is 11.7. The van der Waals surface area contributed by atoms with Gasteiger partial charge in [0.05, 0.1) is 6.54 Å². The van der Waals surface area contributed by atoms with E-state index in [1.165, 1.54) is 11.3 Å². The van der Waals surface area contributed by atoms with E-state index < -0.39 is 6.10 Å². The van der Waals surface area contributed by atoms with Crippen molar-refractivity contribution >= 4 is 28.6 Å². The molecule has 96 valence electrons. The minimum Gasteiger partial charge on any atom is -0.383 e. The standard InChI is InChI=1S/C13H15NO2S2/c1-2-12(15)14-7-10-3-4-11(18-10)13(16)9-5-6-17-8-9/h3-6,8,13,16H,2,7H2,1H3,(H,14,15). The van der Waals surface area contributed by atoms with E-state index in [0.717, 1.165) is 15.3 Å². The van der Waals surface area contributed by atoms with Crippen LogP contribution in [0, 0.1) is 0 Å². The third-order valence-electron chi connectivity index (χ3n) is 2.59. The fourth-order valence-corrected chi connectivity index (χ4v) is 3.19. The third-order valence-corrected chi connectivity index (χ3v) is 4.43. The van der Waals surface area contributed by atoms with Crippen molar-refractivity contribution in [1.82, 2.24) is 5.32 Å². The first kappa shape index (κ1) is 13.3. The smallest absolute Gasteiger partial charge is 0.220 e. The molecular formula is C13H15NO2S2. The average molecular weight is 281 g/mol. The van der Waals surface area contributed by atoms with E-state index in [9.17, 15) is 9.90 Å². The maximum Gasteiger partial charge on any atom is 0.220 e. The van der Waals surface area contributed by atoms with Crippen molar-refractivity contribution in [2.45, 2.75) is 26.0 Å². The highest BCUT2D eigenvalue weighted by molar-refractivity contribution is 7.12. The van der Waals surface area contributed by atoms with Gasteiger partial charge in [0.1, 0.15) is 6.10 Å². The molecule has 2 heterocycles. The Morgan fingerprint density at radius 3 is 2.94 bits per heavy atom. The van der Waals surface area contributed by atoms with Crippen molar-refractivity contribution < 1.29 is 9.90 Å². The summed E-state index contributed by atoms with van der Waals surface area (Å²) in [6, 6.07) is 5.79. The normalized spacial score (nSPS) is 12.3. The Bertz CT molecular complexity index is 505. The number of carbonyl (C=O) groups is 1. The molecule has 0 radical (unpaired) electrons. The van der Waals surface area contributed by atoms with Gasteiger partial charge in [-0.25, -0.2) is 0 Å². The minimum absolute atomic E-state index is 0.0448. The van der Waals surface area contributed by atoms with Crippen LogP contribution < -0.4 is 5.32 Å². The summed E-state index contributed by atoms with van der Waals surface area (Å²) in [6.07, 6.45) is -0.0627. The lowest BCUT2D eigenvalue weighted by Gasteiger charge is -2.05. The number of nitrogens with one attached hydrogen (secondary N) is 1. The molecule has 1 atom stereocenters. The Hall–Kier alpha value is -1.17. The van der Waals surface area contributed by atoms with Gasteiger partial charge in [-0.05, 0) is 34.5 Å². The molecule has 1 amide bonds. The van der Waals surface area contributed by atoms with Crippen molar-refractivity contribution in [2.24, 2.45) is 0 Å². The van der Waals surface area contributed by atoms with Crippen LogP contribution in [0.4, 0.5) is 0 Å². The lowest BCUT2D eigenvalue weighted by atomic mass is 10.2. The summed E-state index contributed by atoms with van der Waals surface area (Å²) in [5.74, 6) is 0.0448. The van der Waals surface area contributed by atoms with Crippen LogP contribution in [0.1, 0.15) is 34.8 Å². The van der Waals surface area contributed by atoms with Gasteiger partial charge >= 0.3 is 0 Å². The minimum atomic E-state index is -0.558. The molecule has 0 saturated carbocycles. The Morgan fingerprint density at radius 1 is 1.44 bits per heavy atom. The van der Waals surface area contributed by atoms with E-state index >= 15 is 0 Å². The van der Waals surface area contributed by atoms with E-state index in [-0.39, 0.29) is 5.91 Å². The summed E-state index contributed by atoms with van der Waals surface area (Å²) >= 11 is 3.11. The molecule has 2 rings (SSSR count). The molecule has 18 heavy (non-hydrogen) atoms. The van der Waals surface area contributed by atoms with Gasteiger partial charge in [0.15, 0.2) is 0 Å². The van der Waals surface area contributed by atoms with E-state index in [2.05, 4.69) is 5.32 Å². The number of thiophene rings is 2. The van der Waals surface area contributed by atoms with Gasteiger partial charge in [-0.2, -0.15) is 11.3 Å². The van der Waals surface area contributed by atoms with Crippen LogP contribution in [-0.4, -0.2) is 11.0 Å². The van der Waals surface area contributed by atoms with Gasteiger partial charge in [-0.3, -0.25) is 4.79 Å². The topological polar surface area (TPSA) is 49.3 Å². The first-order chi connectivity index (χ1) is 8.70. The van der Waals surface area contributed by atoms with Gasteiger partial charge in [-0.15, -0.1) is 11.3 Å². The molecule has 0 fully saturated rings. The highest BCUT2D eigenvalue weighted by atomic mass is 32.1. The number of rotatable bonds is 5. The van der Waals surface area contributed by atoms with Crippen LogP contribution in [0.15, 0.2) is 29.0 Å². The molecular weight excluding hydrogens is 266 g/mol. The molecule has 2 aromatic rings. The van der Waals surface area contributed by atoms with Crippen LogP contribution >= 0.6 is 22.7 Å². The van der Waals surface area contributed by atoms with Gasteiger partial charge in [0.25, 0.3) is 0 Å². The first-order valence-electron chi connectivity index (χ1n) is 5.76. The molecule has 3 nitrogen and oxygen atoms in total. The number of carbonyl (C=O) groups excluding carboxylic acids is 1. The summed E-state index contributed by atoms with van der Waals surface area (Å²) in [7, 11) is 0. The van der Waals surface area contributed by atoms with Crippen LogP contribution in [0.3, 0.4) is 0 Å². The predicted molar refractivity (Wildman–Crippen MR) is 74.8 cm³/mol. The lowest BCUT2D eigenvalue weighted by Crippen LogP contribution is -2.20. The molecule has 0 saturated heterocycles. The average Bonchev–Trinajstić information content (AvgIpc) is 3.05. The van der Waals surface area contributed by atoms with Gasteiger partial charge in [0, 0.05) is 16.2 Å². The molecule has 2 N–H and O–H groups in total. The second-order valence-corrected chi connectivity index (χ2v) is 5.87. The van der Waals surface area contributed by atoms with Gasteiger partial charge < -0.3 is 10.4 Å². The molecule has 5 heteroatoms. The van der Waals surface area contributed by atoms with Crippen molar-refractivity contribution in [1.29, 1.82) is 0 Å². The molecule has 2 aromatic heterocycles. The second-order valence-electron chi connectivity index (χ2n) is 3.89. The van der Waals surface area contributed by atoms with Crippen molar-refractivity contribution in [3.05, 3.63) is 44.3 Å². The summed E-state index contributed by atoms with van der Waals surface area (Å²) in [5.41, 5.74) is 0.922. The number of hydrogen-bond donors (Lipinski definition) is 2. The number of hydrogen-bond acceptors (Lipinski definition) is 4. The van der Waals surface area contributed by atoms with E-state index in [4.69, 9.17) is 0 Å². The number of aliphatic hydroxyl groups excluding tert-OH is 1. The highest BCUT2D eigenvalue weighted by Crippen LogP contribution is 2.29. The second kappa shape index (κ2) is 6.13. The van der Waals surface area contributed by atoms with Gasteiger partial charge in [0.2, 0.25) is 5.91 Å². The van der Waals surface area contributed by atoms with Crippen molar-refractivity contribution in [3.8, 4) is 0 Å². The Kier molecular flexibility index (Phi) is 4.52. The largest absolute Gasteiger partial charge is 0.383 e. The molecule has 0 aliphatic carbocycles. The van der Waals surface area contributed by atoms with Crippen molar-refractivity contribution in [2.75, 3.05) is 0 Å². The maximum absolute atomic E-state index is 11.2. The fraction of sp³-hybridized carbons (Fsp3) is 0.308. The number of aliphatic hydroxyl groups is 1. The van der Waals surface area contributed by atoms with E-state index in [1.54, 1.807) is 11.3 Å². The van der Waals surface area contributed by atoms with Crippen LogP contribution in [0.25, 0.3) is 0 Å². The zero-order chi connectivity index (χ0) is 13.0. The highest BCUT2D eigenvalue weighted by Gasteiger charge is 2.13. The number of amides is 1. The van der Waals surface area contributed by atoms with E-state index in [1.807, 2.05) is 35.9 Å². The van der Waals surface area contributed by atoms with Crippen LogP contribution in [0.5, 0.6) is 0 Å². The Balaban J connectivity index is 1.99. The van der Waals surface area contributed by atoms with E-state index in [0.29, 0.717) is 13.0 Å². The summed E-state index contributed by atoms with van der Waals surface area (Å²) in [5, 5.41) is 16.9. The quantitative estimate of drug-likeness (QED) is 0.885. The summed E-state index contributed by atoms with van der Waals surface area (Å²) in [4.78, 5) is 13.1. The predicted octanol–water partition coefficient (Wildman–Crippen LogP) is 2.92. The fourth-order valence-electron chi connectivity index (χ4n) is 1.54. The molecule has 0 aliphatic rings. The Labute approximate surface area is 114 Å². The first-order valence-corrected chi connectivity index (χ1v) is 7.52. The SMILES string of the molecule is CCC(=O)NCc1ccc(C(O)c2ccsc2)s1. The zero-order valence-electron chi connectivity index (χ0n) is 10.1. The molecule has 0 aliphatic heterocycles. The van der Waals surface area contributed by atoms with Crippen LogP contribution in [-0.2, 0) is 11.3 Å². The lowest BCUT2D eigenvalue weighted by molar-refractivity contribution is -0.120. The third kappa shape index (κ3) is 3.19. The monoisotopic (exact) mass is 281 g/mol. The van der Waals surface area contributed by atoms with Crippen molar-refractivity contribution in [3.63, 3.8) is 0 Å². The maximum atomic E-state index is 11.2. The Morgan fingerprint density at radius 2 is 2.28 bits per heavy atom. The summed E-state index contributed by atoms with van der Waals surface area (Å²) < 4.78 is 0. The van der Waals surface area contributed by atoms with Crippen LogP contribution in [0.2, 0.25) is 0 Å². The molecule has 1 unspecified atom stereocenters. The van der Waals surface area contributed by atoms with Gasteiger partial charge in [-0.1, -0.05) is 6.92 Å². The summed E-state index contributed by atoms with van der Waals surface area (Å²) in [6.45, 7) is 2.36. The molecule has 0 spiro atoms.